The maximum absolute atomic E-state index is 12.6. The molecule has 0 fully saturated rings. The fraction of sp³-hybridized carbons (Fsp3) is 0.143. The molecule has 29 heavy (non-hydrogen) atoms. The van der Waals surface area contributed by atoms with Crippen molar-refractivity contribution in [1.29, 1.82) is 0 Å². The van der Waals surface area contributed by atoms with Gasteiger partial charge in [-0.05, 0) is 36.4 Å². The van der Waals surface area contributed by atoms with Crippen molar-refractivity contribution in [2.75, 3.05) is 17.7 Å². The van der Waals surface area contributed by atoms with Crippen LogP contribution in [0.25, 0.3) is 11.2 Å². The summed E-state index contributed by atoms with van der Waals surface area (Å²) >= 11 is 0. The minimum atomic E-state index is -0.0226. The van der Waals surface area contributed by atoms with E-state index in [9.17, 15) is 4.79 Å². The summed E-state index contributed by atoms with van der Waals surface area (Å²) in [5.41, 5.74) is 7.75. The minimum Gasteiger partial charge on any atom is -0.457 e. The summed E-state index contributed by atoms with van der Waals surface area (Å²) in [5.74, 6) is 1.78. The molecule has 0 spiro atoms. The van der Waals surface area contributed by atoms with E-state index in [1.807, 2.05) is 54.6 Å². The number of hydrogen-bond donors (Lipinski definition) is 1. The monoisotopic (exact) mass is 388 g/mol. The van der Waals surface area contributed by atoms with Crippen molar-refractivity contribution in [2.24, 2.45) is 0 Å². The largest absolute Gasteiger partial charge is 0.457 e. The summed E-state index contributed by atoms with van der Waals surface area (Å²) in [6.07, 6.45) is 3.32. The number of ether oxygens (including phenoxy) is 1. The molecule has 0 radical (unpaired) electrons. The predicted molar refractivity (Wildman–Crippen MR) is 111 cm³/mol. The molecule has 2 N–H and O–H groups in total. The van der Waals surface area contributed by atoms with Gasteiger partial charge < -0.3 is 19.9 Å². The second-order valence-corrected chi connectivity index (χ2v) is 6.48. The Morgan fingerprint density at radius 1 is 1.03 bits per heavy atom. The van der Waals surface area contributed by atoms with Gasteiger partial charge in [-0.2, -0.15) is 0 Å². The van der Waals surface area contributed by atoms with Gasteiger partial charge in [0, 0.05) is 25.7 Å². The van der Waals surface area contributed by atoms with Crippen LogP contribution in [0.4, 0.5) is 11.5 Å². The van der Waals surface area contributed by atoms with Gasteiger partial charge in [-0.25, -0.2) is 15.0 Å². The number of nitrogen functional groups attached to an aromatic ring is 1. The van der Waals surface area contributed by atoms with E-state index in [2.05, 4.69) is 15.0 Å². The third-order valence-corrected chi connectivity index (χ3v) is 4.57. The molecule has 0 aliphatic carbocycles. The number of anilines is 2. The molecule has 0 atom stereocenters. The van der Waals surface area contributed by atoms with Crippen LogP contribution >= 0.6 is 0 Å². The quantitative estimate of drug-likeness (QED) is 0.544. The van der Waals surface area contributed by atoms with Crippen molar-refractivity contribution in [1.82, 2.24) is 19.5 Å². The molecule has 1 amide bonds. The Bertz CT molecular complexity index is 1130. The first-order chi connectivity index (χ1) is 14.1. The number of hydrogen-bond acceptors (Lipinski definition) is 6. The van der Waals surface area contributed by atoms with Crippen LogP contribution in [0, 0.1) is 0 Å². The molecule has 2 aromatic heterocycles. The number of benzene rings is 2. The molecule has 0 aliphatic heterocycles. The minimum absolute atomic E-state index is 0.0226. The lowest BCUT2D eigenvalue weighted by molar-refractivity contribution is -0.118. The number of nitrogens with zero attached hydrogens (tertiary/aromatic N) is 5. The lowest BCUT2D eigenvalue weighted by Crippen LogP contribution is -2.27. The zero-order valence-electron chi connectivity index (χ0n) is 15.9. The number of nitrogens with two attached hydrogens (primary N) is 1. The van der Waals surface area contributed by atoms with Gasteiger partial charge in [-0.15, -0.1) is 0 Å². The molecule has 2 heterocycles. The zero-order valence-corrected chi connectivity index (χ0v) is 15.9. The van der Waals surface area contributed by atoms with E-state index in [1.54, 1.807) is 22.8 Å². The average Bonchev–Trinajstić information content (AvgIpc) is 3.17. The van der Waals surface area contributed by atoms with Crippen LogP contribution in [0.15, 0.2) is 67.3 Å². The summed E-state index contributed by atoms with van der Waals surface area (Å²) in [6.45, 7) is 0.450. The van der Waals surface area contributed by atoms with Gasteiger partial charge in [0.1, 0.15) is 23.3 Å². The number of para-hydroxylation sites is 1. The van der Waals surface area contributed by atoms with Gasteiger partial charge >= 0.3 is 0 Å². The van der Waals surface area contributed by atoms with Crippen LogP contribution in [-0.4, -0.2) is 32.5 Å². The molecule has 0 saturated carbocycles. The number of carbonyl (C=O) groups excluding carboxylic acids is 1. The summed E-state index contributed by atoms with van der Waals surface area (Å²) in [5, 5.41) is 0. The normalized spacial score (nSPS) is 10.8. The van der Waals surface area contributed by atoms with Gasteiger partial charge in [0.25, 0.3) is 0 Å². The number of carbonyl (C=O) groups is 1. The fourth-order valence-corrected chi connectivity index (χ4v) is 2.95. The van der Waals surface area contributed by atoms with Crippen molar-refractivity contribution in [3.63, 3.8) is 0 Å². The fourth-order valence-electron chi connectivity index (χ4n) is 2.95. The van der Waals surface area contributed by atoms with E-state index < -0.39 is 0 Å². The van der Waals surface area contributed by atoms with Gasteiger partial charge in [0.2, 0.25) is 5.91 Å². The maximum atomic E-state index is 12.6. The highest BCUT2D eigenvalue weighted by molar-refractivity contribution is 5.93. The van der Waals surface area contributed by atoms with Crippen LogP contribution in [0.3, 0.4) is 0 Å². The summed E-state index contributed by atoms with van der Waals surface area (Å²) in [6, 6.07) is 17.0. The van der Waals surface area contributed by atoms with Crippen LogP contribution in [0.5, 0.6) is 11.5 Å². The number of fused-ring (bicyclic) bond motifs is 1. The Kier molecular flexibility index (Phi) is 5.07. The summed E-state index contributed by atoms with van der Waals surface area (Å²) in [4.78, 5) is 26.6. The molecule has 0 bridgehead atoms. The average molecular weight is 388 g/mol. The molecule has 0 aliphatic rings. The van der Waals surface area contributed by atoms with Crippen molar-refractivity contribution in [3.8, 4) is 11.5 Å². The highest BCUT2D eigenvalue weighted by atomic mass is 16.5. The van der Waals surface area contributed by atoms with Gasteiger partial charge in [0.15, 0.2) is 11.5 Å². The summed E-state index contributed by atoms with van der Waals surface area (Å²) in [7, 11) is 1.75. The van der Waals surface area contributed by atoms with Crippen molar-refractivity contribution in [2.45, 2.75) is 13.0 Å². The van der Waals surface area contributed by atoms with Gasteiger partial charge in [-0.1, -0.05) is 18.2 Å². The number of aromatic nitrogens is 4. The van der Waals surface area contributed by atoms with Crippen LogP contribution in [-0.2, 0) is 11.3 Å². The number of rotatable bonds is 6. The number of aryl methyl sites for hydroxylation is 1. The molecule has 0 unspecified atom stereocenters. The highest BCUT2D eigenvalue weighted by Gasteiger charge is 2.13. The summed E-state index contributed by atoms with van der Waals surface area (Å²) < 4.78 is 7.59. The smallest absolute Gasteiger partial charge is 0.228 e. The Labute approximate surface area is 167 Å². The van der Waals surface area contributed by atoms with E-state index >= 15 is 0 Å². The van der Waals surface area contributed by atoms with Crippen LogP contribution in [0.1, 0.15) is 6.42 Å². The van der Waals surface area contributed by atoms with E-state index in [4.69, 9.17) is 10.5 Å². The second-order valence-electron chi connectivity index (χ2n) is 6.48. The number of imidazole rings is 1. The molecule has 8 heteroatoms. The van der Waals surface area contributed by atoms with Gasteiger partial charge in [-0.3, -0.25) is 4.79 Å². The number of amides is 1. The Morgan fingerprint density at radius 3 is 2.52 bits per heavy atom. The van der Waals surface area contributed by atoms with Crippen molar-refractivity contribution < 1.29 is 9.53 Å². The van der Waals surface area contributed by atoms with Crippen LogP contribution < -0.4 is 15.4 Å². The first-order valence-corrected chi connectivity index (χ1v) is 9.12. The van der Waals surface area contributed by atoms with Crippen molar-refractivity contribution in [3.05, 3.63) is 67.3 Å². The van der Waals surface area contributed by atoms with E-state index in [-0.39, 0.29) is 5.91 Å². The predicted octanol–water partition coefficient (Wildman–Crippen LogP) is 3.25. The van der Waals surface area contributed by atoms with E-state index in [1.165, 1.54) is 6.33 Å². The van der Waals surface area contributed by atoms with Crippen molar-refractivity contribution >= 4 is 28.6 Å². The Morgan fingerprint density at radius 2 is 1.76 bits per heavy atom. The maximum Gasteiger partial charge on any atom is 0.228 e. The van der Waals surface area contributed by atoms with E-state index in [0.29, 0.717) is 35.7 Å². The SMILES string of the molecule is CN(C(=O)CCn1cnc2c(N)ncnc21)c1ccc(Oc2ccccc2)cc1. The standard InChI is InChI=1S/C21H20N6O2/c1-26(15-7-9-17(10-8-15)29-16-5-3-2-4-6-16)18(28)11-12-27-14-25-19-20(22)23-13-24-21(19)27/h2-10,13-14H,11-12H2,1H3,(H2,22,23,24). The first kappa shape index (κ1) is 18.4. The molecule has 4 aromatic rings. The third kappa shape index (κ3) is 4.01. The Balaban J connectivity index is 1.39. The Hall–Kier alpha value is -3.94. The molecule has 4 rings (SSSR count). The topological polar surface area (TPSA) is 99.2 Å². The lowest BCUT2D eigenvalue weighted by atomic mass is 10.2. The van der Waals surface area contributed by atoms with E-state index in [0.717, 1.165) is 11.4 Å². The van der Waals surface area contributed by atoms with Crippen LogP contribution in [0.2, 0.25) is 0 Å². The third-order valence-electron chi connectivity index (χ3n) is 4.57. The molecule has 8 nitrogen and oxygen atoms in total. The molecule has 2 aromatic carbocycles. The van der Waals surface area contributed by atoms with Gasteiger partial charge in [0.05, 0.1) is 6.33 Å². The first-order valence-electron chi connectivity index (χ1n) is 9.12. The molecular formula is C21H20N6O2. The molecular weight excluding hydrogens is 368 g/mol. The lowest BCUT2D eigenvalue weighted by Gasteiger charge is -2.18. The molecule has 146 valence electrons. The molecule has 0 saturated heterocycles. The zero-order chi connectivity index (χ0) is 20.2. The highest BCUT2D eigenvalue weighted by Crippen LogP contribution is 2.24. The second kappa shape index (κ2) is 7.97.